The van der Waals surface area contributed by atoms with E-state index in [0.717, 1.165) is 48.3 Å². The molecule has 0 radical (unpaired) electrons. The number of anilines is 1. The van der Waals surface area contributed by atoms with Crippen molar-refractivity contribution in [1.29, 1.82) is 0 Å². The van der Waals surface area contributed by atoms with Crippen molar-refractivity contribution in [2.75, 3.05) is 18.0 Å². The zero-order chi connectivity index (χ0) is 19.5. The minimum atomic E-state index is -0.105. The molecule has 1 aromatic carbocycles. The highest BCUT2D eigenvalue weighted by atomic mass is 35.5. The van der Waals surface area contributed by atoms with Crippen molar-refractivity contribution in [1.82, 2.24) is 20.4 Å². The summed E-state index contributed by atoms with van der Waals surface area (Å²) in [5.41, 5.74) is 2.25. The number of nitrogens with zero attached hydrogens (tertiary/aromatic N) is 4. The molecule has 7 nitrogen and oxygen atoms in total. The number of carbonyl (C=O) groups excluding carboxylic acids is 1. The average molecular weight is 400 g/mol. The highest BCUT2D eigenvalue weighted by molar-refractivity contribution is 6.31. The van der Waals surface area contributed by atoms with E-state index in [1.807, 2.05) is 31.2 Å². The van der Waals surface area contributed by atoms with Crippen LogP contribution in [0.4, 0.5) is 5.82 Å². The number of fused-ring (bicyclic) bond motifs is 1. The Morgan fingerprint density at radius 1 is 1.36 bits per heavy atom. The van der Waals surface area contributed by atoms with Crippen LogP contribution in [0, 0.1) is 5.92 Å². The molecule has 1 saturated heterocycles. The molecule has 28 heavy (non-hydrogen) atoms. The molecule has 1 aliphatic heterocycles. The van der Waals surface area contributed by atoms with Gasteiger partial charge in [-0.15, -0.1) is 0 Å². The van der Waals surface area contributed by atoms with Crippen LogP contribution < -0.4 is 10.2 Å². The van der Waals surface area contributed by atoms with Crippen molar-refractivity contribution in [2.45, 2.75) is 32.7 Å². The number of aryl methyl sites for hydroxylation is 1. The normalized spacial score (nSPS) is 17.1. The molecule has 8 heteroatoms. The summed E-state index contributed by atoms with van der Waals surface area (Å²) in [5.74, 6) is 0.730. The largest absolute Gasteiger partial charge is 0.355 e. The van der Waals surface area contributed by atoms with Gasteiger partial charge in [0.05, 0.1) is 11.6 Å². The lowest BCUT2D eigenvalue weighted by Crippen LogP contribution is -2.43. The highest BCUT2D eigenvalue weighted by Gasteiger charge is 2.28. The van der Waals surface area contributed by atoms with Crippen molar-refractivity contribution in [3.05, 3.63) is 46.9 Å². The van der Waals surface area contributed by atoms with E-state index >= 15 is 0 Å². The van der Waals surface area contributed by atoms with Crippen LogP contribution in [0.25, 0.3) is 11.1 Å². The van der Waals surface area contributed by atoms with E-state index in [9.17, 15) is 4.79 Å². The number of hydrogen-bond donors (Lipinski definition) is 1. The van der Waals surface area contributed by atoms with Gasteiger partial charge in [-0.2, -0.15) is 4.98 Å². The smallest absolute Gasteiger partial charge is 0.263 e. The quantitative estimate of drug-likeness (QED) is 0.708. The molecule has 2 aromatic heterocycles. The predicted molar refractivity (Wildman–Crippen MR) is 107 cm³/mol. The van der Waals surface area contributed by atoms with Gasteiger partial charge >= 0.3 is 0 Å². The maximum Gasteiger partial charge on any atom is 0.263 e. The molecule has 1 amide bonds. The van der Waals surface area contributed by atoms with Crippen LogP contribution in [0.15, 0.2) is 35.1 Å². The monoisotopic (exact) mass is 399 g/mol. The molecule has 0 unspecified atom stereocenters. The number of nitrogens with one attached hydrogen (secondary N) is 1. The van der Waals surface area contributed by atoms with Gasteiger partial charge in [0.15, 0.2) is 0 Å². The van der Waals surface area contributed by atoms with Crippen LogP contribution in [-0.2, 0) is 17.8 Å². The van der Waals surface area contributed by atoms with Gasteiger partial charge in [-0.1, -0.05) is 41.9 Å². The van der Waals surface area contributed by atoms with Gasteiger partial charge in [-0.3, -0.25) is 4.79 Å². The van der Waals surface area contributed by atoms with Crippen LogP contribution in [0.5, 0.6) is 0 Å². The summed E-state index contributed by atoms with van der Waals surface area (Å²) in [6, 6.07) is 7.55. The topological polar surface area (TPSA) is 84.2 Å². The number of halogens is 1. The first-order valence-corrected chi connectivity index (χ1v) is 9.90. The second-order valence-electron chi connectivity index (χ2n) is 6.95. The molecule has 0 bridgehead atoms. The highest BCUT2D eigenvalue weighted by Crippen LogP contribution is 2.30. The molecule has 4 rings (SSSR count). The van der Waals surface area contributed by atoms with E-state index in [-0.39, 0.29) is 11.8 Å². The first kappa shape index (κ1) is 18.7. The number of rotatable bonds is 5. The van der Waals surface area contributed by atoms with Crippen molar-refractivity contribution < 1.29 is 9.32 Å². The molecular weight excluding hydrogens is 378 g/mol. The summed E-state index contributed by atoms with van der Waals surface area (Å²) in [6.07, 6.45) is 4.00. The Balaban J connectivity index is 1.48. The van der Waals surface area contributed by atoms with Crippen LogP contribution in [-0.4, -0.2) is 34.1 Å². The van der Waals surface area contributed by atoms with Gasteiger partial charge in [-0.05, 0) is 30.9 Å². The third-order valence-corrected chi connectivity index (χ3v) is 5.53. The fourth-order valence-corrected chi connectivity index (χ4v) is 3.86. The standard InChI is InChI=1S/C20H22ClN5O2/c1-2-16-17-18(23-12-24-20(17)28-25-16)26-9-5-7-14(11-26)19(27)22-10-13-6-3-4-8-15(13)21/h3-4,6,8,12,14H,2,5,7,9-11H2,1H3,(H,22,27)/t14-/m0/s1. The van der Waals surface area contributed by atoms with Crippen LogP contribution in [0.3, 0.4) is 0 Å². The lowest BCUT2D eigenvalue weighted by molar-refractivity contribution is -0.125. The van der Waals surface area contributed by atoms with Crippen molar-refractivity contribution in [3.8, 4) is 0 Å². The summed E-state index contributed by atoms with van der Waals surface area (Å²) in [5, 5.41) is 8.63. The summed E-state index contributed by atoms with van der Waals surface area (Å²) < 4.78 is 5.32. The zero-order valence-electron chi connectivity index (χ0n) is 15.7. The predicted octanol–water partition coefficient (Wildman–Crippen LogP) is 3.37. The second kappa shape index (κ2) is 8.14. The number of benzene rings is 1. The number of carbonyl (C=O) groups is 1. The first-order valence-electron chi connectivity index (χ1n) is 9.52. The number of hydrogen-bond acceptors (Lipinski definition) is 6. The third kappa shape index (κ3) is 3.67. The second-order valence-corrected chi connectivity index (χ2v) is 7.36. The molecule has 3 heterocycles. The fourth-order valence-electron chi connectivity index (χ4n) is 3.66. The van der Waals surface area contributed by atoms with E-state index < -0.39 is 0 Å². The SMILES string of the molecule is CCc1noc2ncnc(N3CCC[C@H](C(=O)NCc4ccccc4Cl)C3)c12. The Morgan fingerprint density at radius 2 is 2.21 bits per heavy atom. The molecule has 0 saturated carbocycles. The van der Waals surface area contributed by atoms with Crippen molar-refractivity contribution in [3.63, 3.8) is 0 Å². The Kier molecular flexibility index (Phi) is 5.43. The molecule has 3 aromatic rings. The Hall–Kier alpha value is -2.67. The number of aromatic nitrogens is 3. The minimum absolute atomic E-state index is 0.0379. The van der Waals surface area contributed by atoms with E-state index in [1.54, 1.807) is 0 Å². The molecule has 1 N–H and O–H groups in total. The third-order valence-electron chi connectivity index (χ3n) is 5.16. The molecule has 1 fully saturated rings. The van der Waals surface area contributed by atoms with E-state index in [0.29, 0.717) is 23.8 Å². The summed E-state index contributed by atoms with van der Waals surface area (Å²) in [6.45, 7) is 3.90. The first-order chi connectivity index (χ1) is 13.7. The van der Waals surface area contributed by atoms with Crippen LogP contribution >= 0.6 is 11.6 Å². The number of piperidine rings is 1. The van der Waals surface area contributed by atoms with Gasteiger partial charge in [0.1, 0.15) is 17.5 Å². The summed E-state index contributed by atoms with van der Waals surface area (Å²) >= 11 is 6.18. The van der Waals surface area contributed by atoms with Crippen molar-refractivity contribution in [2.24, 2.45) is 5.92 Å². The van der Waals surface area contributed by atoms with E-state index in [2.05, 4.69) is 25.3 Å². The Morgan fingerprint density at radius 3 is 3.04 bits per heavy atom. The van der Waals surface area contributed by atoms with Gasteiger partial charge in [0, 0.05) is 24.7 Å². The fraction of sp³-hybridized carbons (Fsp3) is 0.400. The summed E-state index contributed by atoms with van der Waals surface area (Å²) in [4.78, 5) is 23.5. The lowest BCUT2D eigenvalue weighted by atomic mass is 9.96. The molecule has 0 spiro atoms. The maximum atomic E-state index is 12.8. The van der Waals surface area contributed by atoms with E-state index in [1.165, 1.54) is 6.33 Å². The molecule has 1 atom stereocenters. The van der Waals surface area contributed by atoms with Gasteiger partial charge in [0.25, 0.3) is 5.71 Å². The van der Waals surface area contributed by atoms with E-state index in [4.69, 9.17) is 16.1 Å². The van der Waals surface area contributed by atoms with Crippen LogP contribution in [0.1, 0.15) is 31.0 Å². The molecule has 1 aliphatic rings. The molecule has 146 valence electrons. The minimum Gasteiger partial charge on any atom is -0.355 e. The van der Waals surface area contributed by atoms with Crippen LogP contribution in [0.2, 0.25) is 5.02 Å². The van der Waals surface area contributed by atoms with Gasteiger partial charge < -0.3 is 14.7 Å². The van der Waals surface area contributed by atoms with Crippen molar-refractivity contribution >= 4 is 34.4 Å². The van der Waals surface area contributed by atoms with Gasteiger partial charge in [0.2, 0.25) is 5.91 Å². The lowest BCUT2D eigenvalue weighted by Gasteiger charge is -2.33. The zero-order valence-corrected chi connectivity index (χ0v) is 16.4. The Labute approximate surface area is 168 Å². The van der Waals surface area contributed by atoms with Gasteiger partial charge in [-0.25, -0.2) is 4.98 Å². The number of amides is 1. The molecule has 0 aliphatic carbocycles. The Bertz CT molecular complexity index is 990. The average Bonchev–Trinajstić information content (AvgIpc) is 3.16. The maximum absolute atomic E-state index is 12.8. The summed E-state index contributed by atoms with van der Waals surface area (Å²) in [7, 11) is 0. The molecular formula is C20H22ClN5O2.